The van der Waals surface area contributed by atoms with Gasteiger partial charge in [-0.05, 0) is 48.6 Å². The topological polar surface area (TPSA) is 0 Å². The highest BCUT2D eigenvalue weighted by molar-refractivity contribution is 8.00. The van der Waals surface area contributed by atoms with Crippen LogP contribution in [-0.2, 0) is 0 Å². The Balaban J connectivity index is 2.50. The average Bonchev–Trinajstić information content (AvgIpc) is 2.39. The minimum Gasteiger partial charge on any atom is -0.207 e. The van der Waals surface area contributed by atoms with Crippen molar-refractivity contribution in [3.63, 3.8) is 0 Å². The molecule has 0 saturated carbocycles. The number of rotatable bonds is 8. The molecule has 0 N–H and O–H groups in total. The van der Waals surface area contributed by atoms with Gasteiger partial charge in [-0.15, -0.1) is 0 Å². The fourth-order valence-electron chi connectivity index (χ4n) is 2.32. The predicted molar refractivity (Wildman–Crippen MR) is 90.4 cm³/mol. The second kappa shape index (κ2) is 8.51. The van der Waals surface area contributed by atoms with Gasteiger partial charge in [-0.1, -0.05) is 52.0 Å². The SMILES string of the molecule is CCSC(C)(C)C[C](CC)CC=Cc1ccc(F)cc1. The van der Waals surface area contributed by atoms with Crippen LogP contribution in [0.5, 0.6) is 0 Å². The van der Waals surface area contributed by atoms with Gasteiger partial charge in [-0.2, -0.15) is 11.8 Å². The first-order valence-corrected chi connectivity index (χ1v) is 8.35. The summed E-state index contributed by atoms with van der Waals surface area (Å²) >= 11 is 2.02. The minimum atomic E-state index is -0.179. The first-order chi connectivity index (χ1) is 9.46. The summed E-state index contributed by atoms with van der Waals surface area (Å²) in [5.41, 5.74) is 1.06. The van der Waals surface area contributed by atoms with Crippen LogP contribution in [0.25, 0.3) is 6.08 Å². The molecule has 1 rings (SSSR count). The Bertz CT molecular complexity index is 406. The first kappa shape index (κ1) is 17.3. The highest BCUT2D eigenvalue weighted by Gasteiger charge is 2.21. The molecule has 1 aromatic rings. The largest absolute Gasteiger partial charge is 0.207 e. The van der Waals surface area contributed by atoms with Crippen molar-refractivity contribution in [1.82, 2.24) is 0 Å². The van der Waals surface area contributed by atoms with Crippen molar-refractivity contribution in [3.05, 3.63) is 47.6 Å². The molecule has 1 aromatic carbocycles. The number of allylic oxidation sites excluding steroid dienone is 1. The fourth-order valence-corrected chi connectivity index (χ4v) is 3.41. The Kier molecular flexibility index (Phi) is 7.36. The van der Waals surface area contributed by atoms with Crippen molar-refractivity contribution in [3.8, 4) is 0 Å². The molecule has 0 aliphatic carbocycles. The van der Waals surface area contributed by atoms with Crippen LogP contribution in [0.2, 0.25) is 0 Å². The predicted octanol–water partition coefficient (Wildman–Crippen LogP) is 6.14. The molecule has 0 aromatic heterocycles. The molecule has 0 fully saturated rings. The first-order valence-electron chi connectivity index (χ1n) is 7.36. The third kappa shape index (κ3) is 6.60. The summed E-state index contributed by atoms with van der Waals surface area (Å²) in [4.78, 5) is 0. The fraction of sp³-hybridized carbons (Fsp3) is 0.500. The van der Waals surface area contributed by atoms with Crippen molar-refractivity contribution in [2.24, 2.45) is 0 Å². The molecule has 2 heteroatoms. The summed E-state index contributed by atoms with van der Waals surface area (Å²) in [6, 6.07) is 6.64. The van der Waals surface area contributed by atoms with E-state index in [0.29, 0.717) is 4.75 Å². The van der Waals surface area contributed by atoms with Gasteiger partial charge < -0.3 is 0 Å². The van der Waals surface area contributed by atoms with E-state index >= 15 is 0 Å². The molecule has 20 heavy (non-hydrogen) atoms. The highest BCUT2D eigenvalue weighted by atomic mass is 32.2. The molecular weight excluding hydrogens is 267 g/mol. The Morgan fingerprint density at radius 3 is 2.40 bits per heavy atom. The van der Waals surface area contributed by atoms with E-state index in [9.17, 15) is 4.39 Å². The Morgan fingerprint density at radius 2 is 1.85 bits per heavy atom. The van der Waals surface area contributed by atoms with Gasteiger partial charge in [-0.3, -0.25) is 0 Å². The van der Waals surface area contributed by atoms with Crippen molar-refractivity contribution >= 4 is 17.8 Å². The minimum absolute atomic E-state index is 0.179. The maximum atomic E-state index is 12.8. The highest BCUT2D eigenvalue weighted by Crippen LogP contribution is 2.34. The van der Waals surface area contributed by atoms with Crippen LogP contribution >= 0.6 is 11.8 Å². The summed E-state index contributed by atoms with van der Waals surface area (Å²) in [6.45, 7) is 9.08. The van der Waals surface area contributed by atoms with Crippen LogP contribution in [0, 0.1) is 11.7 Å². The Hall–Kier alpha value is -0.760. The molecule has 0 saturated heterocycles. The number of benzene rings is 1. The summed E-state index contributed by atoms with van der Waals surface area (Å²) in [5.74, 6) is 2.56. The number of hydrogen-bond donors (Lipinski definition) is 0. The lowest BCUT2D eigenvalue weighted by Gasteiger charge is -2.27. The Labute approximate surface area is 127 Å². The molecular formula is C18H26FS. The van der Waals surface area contributed by atoms with Crippen molar-refractivity contribution < 1.29 is 4.39 Å². The zero-order valence-electron chi connectivity index (χ0n) is 13.1. The molecule has 0 amide bonds. The van der Waals surface area contributed by atoms with Crippen molar-refractivity contribution in [2.45, 2.75) is 51.7 Å². The van der Waals surface area contributed by atoms with Gasteiger partial charge in [0.05, 0.1) is 0 Å². The van der Waals surface area contributed by atoms with Gasteiger partial charge in [0.1, 0.15) is 5.82 Å². The van der Waals surface area contributed by atoms with Crippen LogP contribution in [0.1, 0.15) is 52.5 Å². The summed E-state index contributed by atoms with van der Waals surface area (Å²) in [5, 5.41) is 0. The molecule has 0 spiro atoms. The molecule has 0 unspecified atom stereocenters. The second-order valence-corrected chi connectivity index (χ2v) is 7.60. The van der Waals surface area contributed by atoms with E-state index in [1.54, 1.807) is 5.92 Å². The van der Waals surface area contributed by atoms with E-state index in [1.807, 2.05) is 23.9 Å². The average molecular weight is 293 g/mol. The molecule has 0 nitrogen and oxygen atoms in total. The Morgan fingerprint density at radius 1 is 1.20 bits per heavy atom. The summed E-state index contributed by atoms with van der Waals surface area (Å²) < 4.78 is 13.1. The van der Waals surface area contributed by atoms with Gasteiger partial charge in [-0.25, -0.2) is 4.39 Å². The van der Waals surface area contributed by atoms with E-state index in [1.165, 1.54) is 12.1 Å². The maximum Gasteiger partial charge on any atom is 0.123 e. The number of hydrogen-bond acceptors (Lipinski definition) is 1. The normalized spacial score (nSPS) is 12.5. The molecule has 0 bridgehead atoms. The summed E-state index contributed by atoms with van der Waals surface area (Å²) in [7, 11) is 0. The maximum absolute atomic E-state index is 12.8. The van der Waals surface area contributed by atoms with E-state index in [-0.39, 0.29) is 5.82 Å². The molecule has 111 valence electrons. The van der Waals surface area contributed by atoms with E-state index < -0.39 is 0 Å². The lowest BCUT2D eigenvalue weighted by molar-refractivity contribution is 0.609. The second-order valence-electron chi connectivity index (χ2n) is 5.63. The third-order valence-electron chi connectivity index (χ3n) is 3.30. The molecule has 0 aliphatic rings. The quantitative estimate of drug-likeness (QED) is 0.555. The summed E-state index contributed by atoms with van der Waals surface area (Å²) in [6.07, 6.45) is 7.58. The lowest BCUT2D eigenvalue weighted by atomic mass is 9.91. The lowest BCUT2D eigenvalue weighted by Crippen LogP contribution is -2.19. The van der Waals surface area contributed by atoms with Crippen LogP contribution in [0.4, 0.5) is 4.39 Å². The van der Waals surface area contributed by atoms with Gasteiger partial charge in [0.25, 0.3) is 0 Å². The third-order valence-corrected chi connectivity index (χ3v) is 4.51. The van der Waals surface area contributed by atoms with E-state index in [4.69, 9.17) is 0 Å². The smallest absolute Gasteiger partial charge is 0.123 e. The number of halogens is 1. The molecule has 0 heterocycles. The van der Waals surface area contributed by atoms with Crippen molar-refractivity contribution in [2.75, 3.05) is 5.75 Å². The molecule has 1 radical (unpaired) electrons. The molecule has 0 atom stereocenters. The van der Waals surface area contributed by atoms with Crippen LogP contribution in [-0.4, -0.2) is 10.5 Å². The van der Waals surface area contributed by atoms with Gasteiger partial charge >= 0.3 is 0 Å². The van der Waals surface area contributed by atoms with Crippen LogP contribution in [0.3, 0.4) is 0 Å². The van der Waals surface area contributed by atoms with E-state index in [0.717, 1.165) is 30.6 Å². The molecule has 0 aliphatic heterocycles. The zero-order valence-corrected chi connectivity index (χ0v) is 13.9. The van der Waals surface area contributed by atoms with Gasteiger partial charge in [0, 0.05) is 4.75 Å². The monoisotopic (exact) mass is 293 g/mol. The van der Waals surface area contributed by atoms with Crippen LogP contribution < -0.4 is 0 Å². The van der Waals surface area contributed by atoms with Crippen molar-refractivity contribution in [1.29, 1.82) is 0 Å². The van der Waals surface area contributed by atoms with Gasteiger partial charge in [0.15, 0.2) is 0 Å². The zero-order chi connectivity index (χ0) is 15.0. The van der Waals surface area contributed by atoms with Gasteiger partial charge in [0.2, 0.25) is 0 Å². The van der Waals surface area contributed by atoms with Crippen LogP contribution in [0.15, 0.2) is 30.3 Å². The number of thioether (sulfide) groups is 1. The standard InChI is InChI=1S/C18H26FS/c1-5-15(14-18(3,4)20-6-2)8-7-9-16-10-12-17(19)13-11-16/h7,9-13H,5-6,8,14H2,1-4H3. The van der Waals surface area contributed by atoms with E-state index in [2.05, 4.69) is 39.8 Å².